The molecule has 0 bridgehead atoms. The Morgan fingerprint density at radius 1 is 1.58 bits per heavy atom. The third-order valence-corrected chi connectivity index (χ3v) is 2.33. The summed E-state index contributed by atoms with van der Waals surface area (Å²) in [6.07, 6.45) is 0.801. The average molecular weight is 173 g/mol. The van der Waals surface area contributed by atoms with Crippen LogP contribution in [-0.2, 0) is 4.79 Å². The number of aliphatic hydroxyl groups is 1. The molecule has 1 rings (SSSR count). The van der Waals surface area contributed by atoms with E-state index in [2.05, 4.69) is 0 Å². The summed E-state index contributed by atoms with van der Waals surface area (Å²) in [5.41, 5.74) is 0. The molecule has 1 heterocycles. The van der Waals surface area contributed by atoms with Crippen molar-refractivity contribution in [1.82, 2.24) is 4.90 Å². The van der Waals surface area contributed by atoms with E-state index in [1.165, 1.54) is 0 Å². The van der Waals surface area contributed by atoms with Gasteiger partial charge >= 0.3 is 5.97 Å². The smallest absolute Gasteiger partial charge is 0.310 e. The number of nitrogens with zero attached hydrogens (tertiary/aromatic N) is 1. The second kappa shape index (κ2) is 3.87. The highest BCUT2D eigenvalue weighted by molar-refractivity contribution is 5.71. The van der Waals surface area contributed by atoms with Crippen LogP contribution in [0.15, 0.2) is 0 Å². The highest BCUT2D eigenvalue weighted by Gasteiger charge is 2.29. The Morgan fingerprint density at radius 3 is 2.83 bits per heavy atom. The Hall–Kier alpha value is -0.610. The van der Waals surface area contributed by atoms with Gasteiger partial charge in [0.25, 0.3) is 0 Å². The number of rotatable bonds is 1. The summed E-state index contributed by atoms with van der Waals surface area (Å²) in [6, 6.07) is 0. The predicted molar refractivity (Wildman–Crippen MR) is 43.9 cm³/mol. The van der Waals surface area contributed by atoms with E-state index < -0.39 is 18.0 Å². The molecular weight excluding hydrogens is 158 g/mol. The standard InChI is InChI=1S/C8H15NO3/c1-9-4-2-3-7(10)6(5-9)8(11)12/h6-7,10H,2-5H2,1H3,(H,11,12). The first-order valence-corrected chi connectivity index (χ1v) is 4.20. The Kier molecular flexibility index (Phi) is 3.05. The van der Waals surface area contributed by atoms with E-state index in [0.717, 1.165) is 13.0 Å². The first-order chi connectivity index (χ1) is 5.61. The van der Waals surface area contributed by atoms with Crippen LogP contribution in [0.5, 0.6) is 0 Å². The molecule has 70 valence electrons. The maximum atomic E-state index is 10.7. The van der Waals surface area contributed by atoms with Crippen molar-refractivity contribution in [2.75, 3.05) is 20.1 Å². The summed E-state index contributed by atoms with van der Waals surface area (Å²) < 4.78 is 0. The number of aliphatic hydroxyl groups excluding tert-OH is 1. The average Bonchev–Trinajstić information content (AvgIpc) is 2.13. The largest absolute Gasteiger partial charge is 0.481 e. The number of hydrogen-bond acceptors (Lipinski definition) is 3. The molecule has 0 radical (unpaired) electrons. The van der Waals surface area contributed by atoms with Crippen LogP contribution in [0.3, 0.4) is 0 Å². The number of carbonyl (C=O) groups is 1. The molecule has 2 atom stereocenters. The highest BCUT2D eigenvalue weighted by Crippen LogP contribution is 2.16. The molecule has 2 N–H and O–H groups in total. The van der Waals surface area contributed by atoms with Crippen LogP contribution >= 0.6 is 0 Å². The van der Waals surface area contributed by atoms with Crippen LogP contribution in [0.25, 0.3) is 0 Å². The van der Waals surface area contributed by atoms with Crippen LogP contribution in [0.4, 0.5) is 0 Å². The van der Waals surface area contributed by atoms with E-state index in [9.17, 15) is 9.90 Å². The lowest BCUT2D eigenvalue weighted by Gasteiger charge is -2.18. The lowest BCUT2D eigenvalue weighted by Crippen LogP contribution is -2.35. The van der Waals surface area contributed by atoms with Gasteiger partial charge in [0.1, 0.15) is 0 Å². The quantitative estimate of drug-likeness (QED) is 0.575. The van der Waals surface area contributed by atoms with Crippen molar-refractivity contribution in [3.63, 3.8) is 0 Å². The van der Waals surface area contributed by atoms with Crippen molar-refractivity contribution in [3.8, 4) is 0 Å². The van der Waals surface area contributed by atoms with Crippen molar-refractivity contribution >= 4 is 5.97 Å². The molecule has 0 aliphatic carbocycles. The number of carboxylic acid groups (broad SMARTS) is 1. The van der Waals surface area contributed by atoms with Crippen LogP contribution in [-0.4, -0.2) is 47.3 Å². The van der Waals surface area contributed by atoms with Crippen molar-refractivity contribution in [3.05, 3.63) is 0 Å². The van der Waals surface area contributed by atoms with Crippen molar-refractivity contribution < 1.29 is 15.0 Å². The molecule has 1 aliphatic rings. The zero-order chi connectivity index (χ0) is 9.14. The molecule has 1 aliphatic heterocycles. The van der Waals surface area contributed by atoms with Gasteiger partial charge in [0.2, 0.25) is 0 Å². The first kappa shape index (κ1) is 9.48. The topological polar surface area (TPSA) is 60.8 Å². The van der Waals surface area contributed by atoms with Gasteiger partial charge in [-0.15, -0.1) is 0 Å². The molecule has 0 aromatic carbocycles. The van der Waals surface area contributed by atoms with E-state index >= 15 is 0 Å². The molecule has 0 saturated carbocycles. The number of aliphatic carboxylic acids is 1. The van der Waals surface area contributed by atoms with E-state index in [4.69, 9.17) is 5.11 Å². The second-order valence-electron chi connectivity index (χ2n) is 3.42. The van der Waals surface area contributed by atoms with Crippen molar-refractivity contribution in [2.24, 2.45) is 5.92 Å². The van der Waals surface area contributed by atoms with E-state index in [1.807, 2.05) is 11.9 Å². The van der Waals surface area contributed by atoms with Gasteiger partial charge < -0.3 is 15.1 Å². The minimum atomic E-state index is -0.892. The summed E-state index contributed by atoms with van der Waals surface area (Å²) >= 11 is 0. The molecule has 4 heteroatoms. The van der Waals surface area contributed by atoms with Gasteiger partial charge in [-0.3, -0.25) is 4.79 Å². The lowest BCUT2D eigenvalue weighted by molar-refractivity contribution is -0.146. The van der Waals surface area contributed by atoms with Crippen molar-refractivity contribution in [1.29, 1.82) is 0 Å². The number of likely N-dealkylation sites (tertiary alicyclic amines) is 1. The molecular formula is C8H15NO3. The van der Waals surface area contributed by atoms with E-state index in [-0.39, 0.29) is 0 Å². The second-order valence-corrected chi connectivity index (χ2v) is 3.42. The van der Waals surface area contributed by atoms with Crippen molar-refractivity contribution in [2.45, 2.75) is 18.9 Å². The number of hydrogen-bond donors (Lipinski definition) is 2. The lowest BCUT2D eigenvalue weighted by atomic mass is 10.0. The van der Waals surface area contributed by atoms with Gasteiger partial charge in [0.15, 0.2) is 0 Å². The molecule has 1 fully saturated rings. The Bertz CT molecular complexity index is 172. The molecule has 12 heavy (non-hydrogen) atoms. The predicted octanol–water partition coefficient (Wildman–Crippen LogP) is -0.226. The first-order valence-electron chi connectivity index (χ1n) is 4.20. The van der Waals surface area contributed by atoms with E-state index in [0.29, 0.717) is 13.0 Å². The van der Waals surface area contributed by atoms with Gasteiger partial charge in [-0.2, -0.15) is 0 Å². The normalized spacial score (nSPS) is 32.8. The summed E-state index contributed by atoms with van der Waals surface area (Å²) in [6.45, 7) is 1.33. The molecule has 0 spiro atoms. The Labute approximate surface area is 71.8 Å². The zero-order valence-corrected chi connectivity index (χ0v) is 7.23. The molecule has 0 amide bonds. The highest BCUT2D eigenvalue weighted by atomic mass is 16.4. The molecule has 0 aromatic rings. The minimum Gasteiger partial charge on any atom is -0.481 e. The molecule has 0 aromatic heterocycles. The monoisotopic (exact) mass is 173 g/mol. The zero-order valence-electron chi connectivity index (χ0n) is 7.23. The van der Waals surface area contributed by atoms with Crippen LogP contribution in [0.1, 0.15) is 12.8 Å². The Morgan fingerprint density at radius 2 is 2.25 bits per heavy atom. The summed E-state index contributed by atoms with van der Waals surface area (Å²) in [4.78, 5) is 12.6. The number of carboxylic acids is 1. The fourth-order valence-corrected chi connectivity index (χ4v) is 1.56. The molecule has 1 saturated heterocycles. The summed E-state index contributed by atoms with van der Waals surface area (Å²) in [5, 5.41) is 18.2. The fraction of sp³-hybridized carbons (Fsp3) is 0.875. The third kappa shape index (κ3) is 2.19. The fourth-order valence-electron chi connectivity index (χ4n) is 1.56. The van der Waals surface area contributed by atoms with E-state index in [1.54, 1.807) is 0 Å². The van der Waals surface area contributed by atoms with Gasteiger partial charge in [-0.05, 0) is 26.4 Å². The summed E-state index contributed by atoms with van der Waals surface area (Å²) in [7, 11) is 1.88. The SMILES string of the molecule is CN1CCCC(O)C(C(=O)O)C1. The summed E-state index contributed by atoms with van der Waals surface area (Å²) in [5.74, 6) is -1.51. The molecule has 2 unspecified atom stereocenters. The van der Waals surface area contributed by atoms with Gasteiger partial charge in [-0.1, -0.05) is 0 Å². The third-order valence-electron chi connectivity index (χ3n) is 2.33. The maximum absolute atomic E-state index is 10.7. The minimum absolute atomic E-state index is 0.455. The van der Waals surface area contributed by atoms with Gasteiger partial charge in [0.05, 0.1) is 12.0 Å². The van der Waals surface area contributed by atoms with Gasteiger partial charge in [0, 0.05) is 6.54 Å². The van der Waals surface area contributed by atoms with Gasteiger partial charge in [-0.25, -0.2) is 0 Å². The maximum Gasteiger partial charge on any atom is 0.310 e. The van der Waals surface area contributed by atoms with Crippen LogP contribution < -0.4 is 0 Å². The molecule has 4 nitrogen and oxygen atoms in total. The Balaban J connectivity index is 2.60. The van der Waals surface area contributed by atoms with Crippen LogP contribution in [0, 0.1) is 5.92 Å². The van der Waals surface area contributed by atoms with Crippen LogP contribution in [0.2, 0.25) is 0 Å².